The molecule has 0 spiro atoms. The van der Waals surface area contributed by atoms with E-state index in [-0.39, 0.29) is 5.41 Å². The Morgan fingerprint density at radius 1 is 1.33 bits per heavy atom. The molecule has 98 valence electrons. The molecule has 1 aromatic carbocycles. The average molecular weight is 245 g/mol. The second kappa shape index (κ2) is 5.68. The molecule has 0 bridgehead atoms. The van der Waals surface area contributed by atoms with Gasteiger partial charge in [-0.2, -0.15) is 0 Å². The third-order valence-corrected chi connectivity index (χ3v) is 4.05. The van der Waals surface area contributed by atoms with Crippen LogP contribution in [0, 0.1) is 5.41 Å². The van der Waals surface area contributed by atoms with Crippen molar-refractivity contribution in [1.82, 2.24) is 5.32 Å². The molecule has 2 nitrogen and oxygen atoms in total. The van der Waals surface area contributed by atoms with Crippen LogP contribution in [0.4, 0.5) is 0 Å². The Bertz CT molecular complexity index is 397. The van der Waals surface area contributed by atoms with E-state index in [4.69, 9.17) is 4.74 Å². The SMILES string of the molecule is COC1CC(NC/C=C/c2ccccc2)C1(C)C. The molecule has 0 aliphatic heterocycles. The van der Waals surface area contributed by atoms with Gasteiger partial charge in [0, 0.05) is 25.1 Å². The number of methoxy groups -OCH3 is 1. The summed E-state index contributed by atoms with van der Waals surface area (Å²) in [5.41, 5.74) is 1.50. The highest BCUT2D eigenvalue weighted by Gasteiger charge is 2.47. The monoisotopic (exact) mass is 245 g/mol. The molecule has 18 heavy (non-hydrogen) atoms. The van der Waals surface area contributed by atoms with E-state index in [9.17, 15) is 0 Å². The highest BCUT2D eigenvalue weighted by molar-refractivity contribution is 5.48. The topological polar surface area (TPSA) is 21.3 Å². The number of rotatable bonds is 5. The van der Waals surface area contributed by atoms with Crippen LogP contribution in [-0.4, -0.2) is 25.8 Å². The van der Waals surface area contributed by atoms with E-state index in [0.717, 1.165) is 13.0 Å². The Morgan fingerprint density at radius 2 is 2.06 bits per heavy atom. The molecular formula is C16H23NO. The molecule has 2 rings (SSSR count). The predicted octanol–water partition coefficient (Wildman–Crippen LogP) is 3.10. The molecule has 1 N–H and O–H groups in total. The maximum atomic E-state index is 5.45. The molecule has 2 heteroatoms. The molecular weight excluding hydrogens is 222 g/mol. The van der Waals surface area contributed by atoms with Gasteiger partial charge in [-0.05, 0) is 12.0 Å². The van der Waals surface area contributed by atoms with Gasteiger partial charge in [-0.15, -0.1) is 0 Å². The second-order valence-corrected chi connectivity index (χ2v) is 5.56. The first-order chi connectivity index (χ1) is 8.64. The van der Waals surface area contributed by atoms with Gasteiger partial charge in [0.15, 0.2) is 0 Å². The predicted molar refractivity (Wildman–Crippen MR) is 76.5 cm³/mol. The van der Waals surface area contributed by atoms with Crippen LogP contribution in [0.2, 0.25) is 0 Å². The van der Waals surface area contributed by atoms with E-state index in [1.807, 2.05) is 6.07 Å². The Morgan fingerprint density at radius 3 is 2.67 bits per heavy atom. The fraction of sp³-hybridized carbons (Fsp3) is 0.500. The first-order valence-corrected chi connectivity index (χ1v) is 6.62. The Balaban J connectivity index is 1.76. The zero-order valence-corrected chi connectivity index (χ0v) is 11.5. The fourth-order valence-electron chi connectivity index (χ4n) is 2.60. The zero-order valence-electron chi connectivity index (χ0n) is 11.5. The van der Waals surface area contributed by atoms with Crippen molar-refractivity contribution in [3.63, 3.8) is 0 Å². The van der Waals surface area contributed by atoms with Crippen LogP contribution in [-0.2, 0) is 4.74 Å². The fourth-order valence-corrected chi connectivity index (χ4v) is 2.60. The Labute approximate surface area is 110 Å². The maximum Gasteiger partial charge on any atom is 0.0652 e. The van der Waals surface area contributed by atoms with Crippen LogP contribution >= 0.6 is 0 Å². The zero-order chi connectivity index (χ0) is 13.0. The molecule has 1 aliphatic rings. The molecule has 0 aromatic heterocycles. The van der Waals surface area contributed by atoms with Crippen molar-refractivity contribution in [3.8, 4) is 0 Å². The van der Waals surface area contributed by atoms with Crippen LogP contribution in [0.3, 0.4) is 0 Å². The summed E-state index contributed by atoms with van der Waals surface area (Å²) in [7, 11) is 1.80. The smallest absolute Gasteiger partial charge is 0.0652 e. The van der Waals surface area contributed by atoms with Crippen molar-refractivity contribution < 1.29 is 4.74 Å². The molecule has 0 amide bonds. The van der Waals surface area contributed by atoms with Gasteiger partial charge < -0.3 is 10.1 Å². The summed E-state index contributed by atoms with van der Waals surface area (Å²) in [5.74, 6) is 0. The highest BCUT2D eigenvalue weighted by atomic mass is 16.5. The summed E-state index contributed by atoms with van der Waals surface area (Å²) in [4.78, 5) is 0. The molecule has 1 aromatic rings. The first-order valence-electron chi connectivity index (χ1n) is 6.62. The van der Waals surface area contributed by atoms with Gasteiger partial charge in [0.1, 0.15) is 0 Å². The highest BCUT2D eigenvalue weighted by Crippen LogP contribution is 2.42. The second-order valence-electron chi connectivity index (χ2n) is 5.56. The lowest BCUT2D eigenvalue weighted by molar-refractivity contribution is -0.0964. The van der Waals surface area contributed by atoms with Gasteiger partial charge in [-0.3, -0.25) is 0 Å². The van der Waals surface area contributed by atoms with Crippen molar-refractivity contribution in [2.45, 2.75) is 32.4 Å². The number of ether oxygens (including phenoxy) is 1. The minimum absolute atomic E-state index is 0.245. The molecule has 0 saturated heterocycles. The van der Waals surface area contributed by atoms with Crippen molar-refractivity contribution in [3.05, 3.63) is 42.0 Å². The van der Waals surface area contributed by atoms with Crippen LogP contribution in [0.5, 0.6) is 0 Å². The lowest BCUT2D eigenvalue weighted by atomic mass is 9.64. The van der Waals surface area contributed by atoms with E-state index in [2.05, 4.69) is 55.6 Å². The van der Waals surface area contributed by atoms with E-state index < -0.39 is 0 Å². The summed E-state index contributed by atoms with van der Waals surface area (Å²) in [6, 6.07) is 11.0. The largest absolute Gasteiger partial charge is 0.381 e. The van der Waals surface area contributed by atoms with Crippen molar-refractivity contribution in [2.75, 3.05) is 13.7 Å². The number of nitrogens with one attached hydrogen (secondary N) is 1. The number of hydrogen-bond acceptors (Lipinski definition) is 2. The number of benzene rings is 1. The minimum Gasteiger partial charge on any atom is -0.381 e. The average Bonchev–Trinajstić information content (AvgIpc) is 2.38. The summed E-state index contributed by atoms with van der Waals surface area (Å²) in [6.07, 6.45) is 5.86. The maximum absolute atomic E-state index is 5.45. The Kier molecular flexibility index (Phi) is 4.20. The van der Waals surface area contributed by atoms with Gasteiger partial charge >= 0.3 is 0 Å². The molecule has 0 radical (unpaired) electrons. The van der Waals surface area contributed by atoms with E-state index in [1.54, 1.807) is 7.11 Å². The molecule has 1 fully saturated rings. The van der Waals surface area contributed by atoms with Crippen LogP contribution in [0.15, 0.2) is 36.4 Å². The first kappa shape index (κ1) is 13.3. The van der Waals surface area contributed by atoms with Crippen molar-refractivity contribution in [2.24, 2.45) is 5.41 Å². The summed E-state index contributed by atoms with van der Waals surface area (Å²) in [6.45, 7) is 5.45. The summed E-state index contributed by atoms with van der Waals surface area (Å²) in [5, 5.41) is 3.58. The van der Waals surface area contributed by atoms with Gasteiger partial charge in [-0.1, -0.05) is 56.3 Å². The van der Waals surface area contributed by atoms with Gasteiger partial charge in [0.25, 0.3) is 0 Å². The minimum atomic E-state index is 0.245. The molecule has 0 heterocycles. The third-order valence-electron chi connectivity index (χ3n) is 4.05. The number of hydrogen-bond donors (Lipinski definition) is 1. The molecule has 1 aliphatic carbocycles. The molecule has 2 atom stereocenters. The standard InChI is InChI=1S/C16H23NO/c1-16(2)14(12-15(16)18-3)17-11-7-10-13-8-5-4-6-9-13/h4-10,14-15,17H,11-12H2,1-3H3/b10-7+. The third kappa shape index (κ3) is 2.82. The molecule has 2 unspecified atom stereocenters. The molecule has 1 saturated carbocycles. The quantitative estimate of drug-likeness (QED) is 0.860. The van der Waals surface area contributed by atoms with Crippen LogP contribution < -0.4 is 5.32 Å². The Hall–Kier alpha value is -1.12. The van der Waals surface area contributed by atoms with Gasteiger partial charge in [0.2, 0.25) is 0 Å². The van der Waals surface area contributed by atoms with Gasteiger partial charge in [-0.25, -0.2) is 0 Å². The van der Waals surface area contributed by atoms with E-state index in [1.165, 1.54) is 5.56 Å². The lowest BCUT2D eigenvalue weighted by Gasteiger charge is -2.51. The van der Waals surface area contributed by atoms with E-state index >= 15 is 0 Å². The van der Waals surface area contributed by atoms with Crippen LogP contribution in [0.1, 0.15) is 25.8 Å². The normalized spacial score (nSPS) is 26.2. The van der Waals surface area contributed by atoms with Gasteiger partial charge in [0.05, 0.1) is 6.10 Å². The summed E-state index contributed by atoms with van der Waals surface area (Å²) < 4.78 is 5.45. The lowest BCUT2D eigenvalue weighted by Crippen LogP contribution is -2.60. The van der Waals surface area contributed by atoms with Crippen molar-refractivity contribution >= 4 is 6.08 Å². The van der Waals surface area contributed by atoms with Crippen LogP contribution in [0.25, 0.3) is 6.08 Å². The van der Waals surface area contributed by atoms with E-state index in [0.29, 0.717) is 12.1 Å². The van der Waals surface area contributed by atoms with Crippen molar-refractivity contribution in [1.29, 1.82) is 0 Å². The summed E-state index contributed by atoms with van der Waals surface area (Å²) >= 11 is 0.